The summed E-state index contributed by atoms with van der Waals surface area (Å²) in [6.07, 6.45) is 2.80. The van der Waals surface area contributed by atoms with Crippen LogP contribution in [0.2, 0.25) is 0 Å². The number of amides is 1. The van der Waals surface area contributed by atoms with Gasteiger partial charge in [0, 0.05) is 17.8 Å². The number of aryl methyl sites for hydroxylation is 1. The minimum atomic E-state index is -0.435. The second-order valence-electron chi connectivity index (χ2n) is 8.03. The second-order valence-corrected chi connectivity index (χ2v) is 9.17. The van der Waals surface area contributed by atoms with E-state index in [0.717, 1.165) is 23.2 Å². The highest BCUT2D eigenvalue weighted by molar-refractivity contribution is 8.05. The van der Waals surface area contributed by atoms with Crippen molar-refractivity contribution in [3.8, 4) is 11.5 Å². The van der Waals surface area contributed by atoms with Crippen molar-refractivity contribution in [2.45, 2.75) is 32.4 Å². The first kappa shape index (κ1) is 25.1. The summed E-state index contributed by atoms with van der Waals surface area (Å²) in [6.45, 7) is 4.69. The maximum atomic E-state index is 12.5. The third kappa shape index (κ3) is 6.37. The van der Waals surface area contributed by atoms with E-state index >= 15 is 0 Å². The number of nitrogens with zero attached hydrogens (tertiary/aromatic N) is 1. The van der Waals surface area contributed by atoms with Crippen LogP contribution < -0.4 is 20.1 Å². The molecule has 1 aliphatic heterocycles. The molecule has 3 aromatic carbocycles. The van der Waals surface area contributed by atoms with Crippen LogP contribution in [0.15, 0.2) is 71.6 Å². The first-order chi connectivity index (χ1) is 17.4. The Morgan fingerprint density at radius 2 is 1.72 bits per heavy atom. The molecule has 1 heterocycles. The first-order valence-corrected chi connectivity index (χ1v) is 12.5. The molecule has 1 atom stereocenters. The molecule has 0 aliphatic carbocycles. The van der Waals surface area contributed by atoms with Crippen molar-refractivity contribution < 1.29 is 19.2 Å². The molecule has 0 unspecified atom stereocenters. The van der Waals surface area contributed by atoms with Gasteiger partial charge in [0.25, 0.3) is 11.6 Å². The Morgan fingerprint density at radius 1 is 1.00 bits per heavy atom. The molecule has 0 aromatic heterocycles. The number of hydrogen-bond donors (Lipinski definition) is 2. The molecule has 4 rings (SSSR count). The van der Waals surface area contributed by atoms with Gasteiger partial charge in [-0.15, -0.1) is 0 Å². The van der Waals surface area contributed by atoms with E-state index in [1.165, 1.54) is 29.5 Å². The van der Waals surface area contributed by atoms with Crippen LogP contribution >= 0.6 is 11.8 Å². The number of nitro groups is 1. The topological polar surface area (TPSA) is 103 Å². The van der Waals surface area contributed by atoms with E-state index in [0.29, 0.717) is 23.0 Å². The second kappa shape index (κ2) is 11.6. The van der Waals surface area contributed by atoms with E-state index in [9.17, 15) is 14.9 Å². The molecular weight excluding hydrogens is 478 g/mol. The van der Waals surface area contributed by atoms with E-state index in [-0.39, 0.29) is 23.7 Å². The lowest BCUT2D eigenvalue weighted by atomic mass is 10.1. The molecule has 9 heteroatoms. The number of non-ortho nitro benzene ring substituents is 1. The quantitative estimate of drug-likeness (QED) is 0.206. The summed E-state index contributed by atoms with van der Waals surface area (Å²) in [4.78, 5) is 23.5. The predicted molar refractivity (Wildman–Crippen MR) is 142 cm³/mol. The van der Waals surface area contributed by atoms with Gasteiger partial charge in [-0.25, -0.2) is 0 Å². The van der Waals surface area contributed by atoms with Gasteiger partial charge in [0.15, 0.2) is 17.0 Å². The van der Waals surface area contributed by atoms with Gasteiger partial charge in [-0.2, -0.15) is 0 Å². The Balaban J connectivity index is 1.43. The van der Waals surface area contributed by atoms with Crippen molar-refractivity contribution in [2.75, 3.05) is 11.9 Å². The number of carbonyl (C=O) groups is 1. The summed E-state index contributed by atoms with van der Waals surface area (Å²) in [5.41, 5.74) is 3.59. The lowest BCUT2D eigenvalue weighted by molar-refractivity contribution is -0.384. The van der Waals surface area contributed by atoms with Crippen molar-refractivity contribution in [2.24, 2.45) is 0 Å². The molecule has 8 nitrogen and oxygen atoms in total. The van der Waals surface area contributed by atoms with Gasteiger partial charge in [-0.05, 0) is 72.5 Å². The van der Waals surface area contributed by atoms with E-state index in [2.05, 4.69) is 29.7 Å². The van der Waals surface area contributed by atoms with E-state index in [1.54, 1.807) is 18.2 Å². The Labute approximate surface area is 213 Å². The first-order valence-electron chi connectivity index (χ1n) is 11.6. The summed E-state index contributed by atoms with van der Waals surface area (Å²) >= 11 is 1.42. The highest BCUT2D eigenvalue weighted by Crippen LogP contribution is 2.34. The van der Waals surface area contributed by atoms with E-state index < -0.39 is 4.92 Å². The molecular formula is C27H27N3O5S. The van der Waals surface area contributed by atoms with Crippen molar-refractivity contribution >= 4 is 35.1 Å². The predicted octanol–water partition coefficient (Wildman–Crippen LogP) is 5.73. The summed E-state index contributed by atoms with van der Waals surface area (Å²) < 4.78 is 11.7. The minimum Gasteiger partial charge on any atom is -0.490 e. The minimum absolute atomic E-state index is 0.0341. The van der Waals surface area contributed by atoms with Crippen LogP contribution in [0.4, 0.5) is 11.4 Å². The largest absolute Gasteiger partial charge is 0.490 e. The van der Waals surface area contributed by atoms with Gasteiger partial charge >= 0.3 is 0 Å². The van der Waals surface area contributed by atoms with Crippen LogP contribution in [-0.4, -0.2) is 22.9 Å². The van der Waals surface area contributed by atoms with Crippen LogP contribution in [-0.2, 0) is 17.8 Å². The van der Waals surface area contributed by atoms with Crippen LogP contribution in [0.1, 0.15) is 30.5 Å². The van der Waals surface area contributed by atoms with Gasteiger partial charge in [0.05, 0.1) is 16.4 Å². The molecule has 0 bridgehead atoms. The zero-order valence-electron chi connectivity index (χ0n) is 20.0. The summed E-state index contributed by atoms with van der Waals surface area (Å²) in [7, 11) is 0. The number of anilines is 1. The molecule has 2 N–H and O–H groups in total. The van der Waals surface area contributed by atoms with E-state index in [1.807, 2.05) is 37.3 Å². The molecule has 3 aromatic rings. The number of nitrogens with one attached hydrogen (secondary N) is 2. The average Bonchev–Trinajstić information content (AvgIpc) is 3.22. The number of hydrogen-bond acceptors (Lipinski definition) is 7. The highest BCUT2D eigenvalue weighted by atomic mass is 32.2. The van der Waals surface area contributed by atoms with Crippen LogP contribution in [0, 0.1) is 10.1 Å². The summed E-state index contributed by atoms with van der Waals surface area (Å²) in [5.74, 6) is 0.970. The number of rotatable bonds is 10. The van der Waals surface area contributed by atoms with Gasteiger partial charge in [-0.1, -0.05) is 36.9 Å². The number of nitro benzene ring substituents is 1. The third-order valence-corrected chi connectivity index (χ3v) is 6.53. The van der Waals surface area contributed by atoms with Gasteiger partial charge in [0.2, 0.25) is 0 Å². The highest BCUT2D eigenvalue weighted by Gasteiger charge is 2.27. The van der Waals surface area contributed by atoms with E-state index in [4.69, 9.17) is 9.47 Å². The lowest BCUT2D eigenvalue weighted by Gasteiger charge is -2.13. The van der Waals surface area contributed by atoms with Crippen molar-refractivity contribution in [3.63, 3.8) is 0 Å². The normalized spacial score (nSPS) is 16.0. The molecule has 0 saturated carbocycles. The number of benzene rings is 3. The van der Waals surface area contributed by atoms with Gasteiger partial charge in [0.1, 0.15) is 6.61 Å². The zero-order valence-corrected chi connectivity index (χ0v) is 20.8. The lowest BCUT2D eigenvalue weighted by Crippen LogP contribution is -2.30. The number of thioether (sulfide) groups is 1. The van der Waals surface area contributed by atoms with Gasteiger partial charge in [-0.3, -0.25) is 14.9 Å². The smallest absolute Gasteiger partial charge is 0.269 e. The maximum absolute atomic E-state index is 12.5. The molecule has 1 aliphatic rings. The van der Waals surface area contributed by atoms with Crippen LogP contribution in [0.5, 0.6) is 11.5 Å². The molecule has 1 amide bonds. The molecule has 1 saturated heterocycles. The third-order valence-electron chi connectivity index (χ3n) is 5.50. The molecule has 0 radical (unpaired) electrons. The Hall–Kier alpha value is -3.98. The van der Waals surface area contributed by atoms with Crippen molar-refractivity contribution in [3.05, 3.63) is 98.4 Å². The number of ether oxygens (including phenoxy) is 2. The summed E-state index contributed by atoms with van der Waals surface area (Å²) in [5, 5.41) is 17.1. The van der Waals surface area contributed by atoms with Crippen molar-refractivity contribution in [1.29, 1.82) is 0 Å². The maximum Gasteiger partial charge on any atom is 0.269 e. The molecule has 1 fully saturated rings. The SMILES string of the molecule is CCOc1cc(/C=C2\S[C@@H](Nc3ccc(CC)cc3)NC2=O)ccc1OCc1ccc([N+](=O)[O-])cc1. The average molecular weight is 506 g/mol. The fourth-order valence-corrected chi connectivity index (χ4v) is 4.57. The molecule has 186 valence electrons. The zero-order chi connectivity index (χ0) is 25.5. The standard InChI is InChI=1S/C27H27N3O5S/c1-3-18-5-10-21(11-6-18)28-27-29-26(31)25(36-27)16-20-9-14-23(24(15-20)34-4-2)35-17-19-7-12-22(13-8-19)30(32)33/h5-16,27-28H,3-4,17H2,1-2H3,(H,29,31)/b25-16-/t27-/m0/s1. The molecule has 36 heavy (non-hydrogen) atoms. The number of carbonyl (C=O) groups excluding carboxylic acids is 1. The monoisotopic (exact) mass is 505 g/mol. The molecule has 0 spiro atoms. The Morgan fingerprint density at radius 3 is 2.39 bits per heavy atom. The fraction of sp³-hybridized carbons (Fsp3) is 0.222. The van der Waals surface area contributed by atoms with Crippen molar-refractivity contribution in [1.82, 2.24) is 5.32 Å². The Kier molecular flexibility index (Phi) is 8.12. The van der Waals surface area contributed by atoms with Crippen LogP contribution in [0.25, 0.3) is 6.08 Å². The summed E-state index contributed by atoms with van der Waals surface area (Å²) in [6, 6.07) is 19.9. The van der Waals surface area contributed by atoms with Crippen LogP contribution in [0.3, 0.4) is 0 Å². The van der Waals surface area contributed by atoms with Gasteiger partial charge < -0.3 is 20.1 Å². The Bertz CT molecular complexity index is 1260. The fourth-order valence-electron chi connectivity index (χ4n) is 3.58.